The number of amides is 1. The molecule has 0 aliphatic carbocycles. The lowest BCUT2D eigenvalue weighted by molar-refractivity contribution is -0.137. The summed E-state index contributed by atoms with van der Waals surface area (Å²) in [6.45, 7) is 4.69. The fraction of sp³-hybridized carbons (Fsp3) is 0.391. The Morgan fingerprint density at radius 3 is 2.68 bits per heavy atom. The van der Waals surface area contributed by atoms with Crippen molar-refractivity contribution >= 4 is 28.7 Å². The minimum absolute atomic E-state index is 0.0189. The molecule has 1 saturated heterocycles. The summed E-state index contributed by atoms with van der Waals surface area (Å²) in [5.41, 5.74) is 0.293. The summed E-state index contributed by atoms with van der Waals surface area (Å²) < 4.78 is 46.6. The summed E-state index contributed by atoms with van der Waals surface area (Å²) in [5.74, 6) is 0.239. The summed E-state index contributed by atoms with van der Waals surface area (Å²) >= 11 is 0. The Balaban J connectivity index is 1.73. The molecule has 180 valence electrons. The van der Waals surface area contributed by atoms with Gasteiger partial charge in [-0.25, -0.2) is 19.8 Å². The fourth-order valence-corrected chi connectivity index (χ4v) is 3.61. The Morgan fingerprint density at radius 1 is 1.26 bits per heavy atom. The van der Waals surface area contributed by atoms with Crippen LogP contribution in [0.4, 0.5) is 23.9 Å². The molecule has 2 N–H and O–H groups in total. The third kappa shape index (κ3) is 5.04. The van der Waals surface area contributed by atoms with Crippen LogP contribution in [-0.2, 0) is 6.18 Å². The largest absolute Gasteiger partial charge is 0.419 e. The molecule has 0 saturated carbocycles. The maximum Gasteiger partial charge on any atom is 0.419 e. The number of piperidine rings is 1. The van der Waals surface area contributed by atoms with E-state index in [0.29, 0.717) is 23.9 Å². The van der Waals surface area contributed by atoms with Gasteiger partial charge < -0.3 is 19.9 Å². The van der Waals surface area contributed by atoms with Gasteiger partial charge in [-0.2, -0.15) is 13.2 Å². The zero-order chi connectivity index (χ0) is 24.7. The highest BCUT2D eigenvalue weighted by molar-refractivity contribution is 5.96. The molecule has 0 atom stereocenters. The van der Waals surface area contributed by atoms with Gasteiger partial charge in [0.1, 0.15) is 11.3 Å². The van der Waals surface area contributed by atoms with Gasteiger partial charge in [0, 0.05) is 66.8 Å². The van der Waals surface area contributed by atoms with Gasteiger partial charge in [0.15, 0.2) is 0 Å². The van der Waals surface area contributed by atoms with E-state index in [-0.39, 0.29) is 28.5 Å². The maximum atomic E-state index is 13.8. The number of benzene rings is 1. The van der Waals surface area contributed by atoms with Crippen LogP contribution in [0.25, 0.3) is 22.2 Å². The molecule has 1 aromatic carbocycles. The van der Waals surface area contributed by atoms with Crippen molar-refractivity contribution in [1.82, 2.24) is 25.2 Å². The van der Waals surface area contributed by atoms with E-state index in [2.05, 4.69) is 39.1 Å². The number of aromatic nitrogens is 3. The molecule has 1 aliphatic rings. The topological polar surface area (TPSA) is 95.5 Å². The number of nitrogens with one attached hydrogen (secondary N) is 2. The molecule has 8 nitrogen and oxygen atoms in total. The van der Waals surface area contributed by atoms with Gasteiger partial charge >= 0.3 is 12.3 Å². The van der Waals surface area contributed by atoms with Crippen molar-refractivity contribution in [3.8, 4) is 17.0 Å². The SMILES string of the molecule is CN(C)C(=O)Oc1ccc2c(-c3nc(N=C4CCC(C)(C)NC4)ncc3C(F)(F)F)c[nH]c2c1. The van der Waals surface area contributed by atoms with Gasteiger partial charge in [0.25, 0.3) is 0 Å². The molecule has 3 aromatic rings. The van der Waals surface area contributed by atoms with Crippen molar-refractivity contribution in [3.63, 3.8) is 0 Å². The third-order valence-corrected chi connectivity index (χ3v) is 5.63. The number of halogens is 3. The van der Waals surface area contributed by atoms with Gasteiger partial charge in [0.05, 0.1) is 5.69 Å². The first-order chi connectivity index (χ1) is 15.9. The smallest absolute Gasteiger partial charge is 0.410 e. The second-order valence-electron chi connectivity index (χ2n) is 9.02. The molecule has 11 heteroatoms. The standard InChI is InChI=1S/C23H25F3N6O2/c1-22(2)8-7-13(10-29-22)30-20-28-12-17(23(24,25)26)19(31-20)16-11-27-18-9-14(5-6-15(16)18)34-21(33)32(3)4/h5-6,9,11-12,27,29H,7-8,10H2,1-4H3. The molecule has 0 spiro atoms. The minimum atomic E-state index is -4.65. The summed E-state index contributed by atoms with van der Waals surface area (Å²) in [5, 5.41) is 3.84. The number of aliphatic imine (C=N–C) groups is 1. The molecule has 0 radical (unpaired) electrons. The molecule has 4 rings (SSSR count). The van der Waals surface area contributed by atoms with Crippen molar-refractivity contribution in [1.29, 1.82) is 0 Å². The average molecular weight is 474 g/mol. The van der Waals surface area contributed by atoms with E-state index in [1.165, 1.54) is 17.2 Å². The maximum absolute atomic E-state index is 13.8. The number of rotatable bonds is 3. The first-order valence-electron chi connectivity index (χ1n) is 10.7. The molecule has 0 bridgehead atoms. The van der Waals surface area contributed by atoms with Crippen LogP contribution in [0.1, 0.15) is 32.3 Å². The van der Waals surface area contributed by atoms with Crippen LogP contribution in [0.5, 0.6) is 5.75 Å². The first-order valence-corrected chi connectivity index (χ1v) is 10.7. The Kier molecular flexibility index (Phi) is 6.07. The molecule has 34 heavy (non-hydrogen) atoms. The van der Waals surface area contributed by atoms with Crippen LogP contribution in [0, 0.1) is 0 Å². The van der Waals surface area contributed by atoms with Crippen molar-refractivity contribution in [2.75, 3.05) is 20.6 Å². The minimum Gasteiger partial charge on any atom is -0.410 e. The molecule has 1 aliphatic heterocycles. The van der Waals surface area contributed by atoms with Gasteiger partial charge in [0.2, 0.25) is 5.95 Å². The molecule has 2 aromatic heterocycles. The number of carbonyl (C=O) groups is 1. The van der Waals surface area contributed by atoms with Gasteiger partial charge in [-0.1, -0.05) is 0 Å². The van der Waals surface area contributed by atoms with Crippen LogP contribution >= 0.6 is 0 Å². The first kappa shape index (κ1) is 23.7. The zero-order valence-corrected chi connectivity index (χ0v) is 19.2. The second kappa shape index (κ2) is 8.71. The number of hydrogen-bond donors (Lipinski definition) is 2. The lowest BCUT2D eigenvalue weighted by atomic mass is 9.92. The summed E-state index contributed by atoms with van der Waals surface area (Å²) in [7, 11) is 3.10. The van der Waals surface area contributed by atoms with Gasteiger partial charge in [-0.3, -0.25) is 0 Å². The number of hydrogen-bond acceptors (Lipinski definition) is 6. The number of aromatic amines is 1. The number of carbonyl (C=O) groups excluding carboxylic acids is 1. The second-order valence-corrected chi connectivity index (χ2v) is 9.02. The van der Waals surface area contributed by atoms with E-state index < -0.39 is 17.8 Å². The van der Waals surface area contributed by atoms with Crippen LogP contribution in [-0.4, -0.2) is 57.8 Å². The van der Waals surface area contributed by atoms with Crippen LogP contribution in [0.2, 0.25) is 0 Å². The highest BCUT2D eigenvalue weighted by Gasteiger charge is 2.36. The Bertz CT molecular complexity index is 1250. The molecular weight excluding hydrogens is 449 g/mol. The van der Waals surface area contributed by atoms with Crippen molar-refractivity contribution < 1.29 is 22.7 Å². The van der Waals surface area contributed by atoms with Gasteiger partial charge in [-0.15, -0.1) is 0 Å². The highest BCUT2D eigenvalue weighted by Crippen LogP contribution is 2.39. The summed E-state index contributed by atoms with van der Waals surface area (Å²) in [6, 6.07) is 4.65. The number of fused-ring (bicyclic) bond motifs is 1. The van der Waals surface area contributed by atoms with E-state index in [1.807, 2.05) is 0 Å². The molecule has 1 amide bonds. The number of nitrogens with zero attached hydrogens (tertiary/aromatic N) is 4. The Labute approximate surface area is 194 Å². The molecule has 1 fully saturated rings. The monoisotopic (exact) mass is 474 g/mol. The average Bonchev–Trinajstić information content (AvgIpc) is 3.17. The van der Waals surface area contributed by atoms with E-state index in [9.17, 15) is 18.0 Å². The Hall–Kier alpha value is -3.47. The highest BCUT2D eigenvalue weighted by atomic mass is 19.4. The lowest BCUT2D eigenvalue weighted by Gasteiger charge is -2.31. The molecule has 3 heterocycles. The summed E-state index contributed by atoms with van der Waals surface area (Å²) in [6.07, 6.45) is -1.44. The lowest BCUT2D eigenvalue weighted by Crippen LogP contribution is -2.46. The predicted molar refractivity (Wildman–Crippen MR) is 122 cm³/mol. The van der Waals surface area contributed by atoms with Crippen molar-refractivity contribution in [3.05, 3.63) is 36.2 Å². The normalized spacial score (nSPS) is 17.2. The van der Waals surface area contributed by atoms with Gasteiger partial charge in [-0.05, 0) is 38.8 Å². The van der Waals surface area contributed by atoms with Crippen LogP contribution < -0.4 is 10.1 Å². The molecular formula is C23H25F3N6O2. The van der Waals surface area contributed by atoms with Crippen molar-refractivity contribution in [2.24, 2.45) is 4.99 Å². The van der Waals surface area contributed by atoms with E-state index in [1.54, 1.807) is 26.2 Å². The van der Waals surface area contributed by atoms with Crippen LogP contribution in [0.15, 0.2) is 35.6 Å². The van der Waals surface area contributed by atoms with E-state index in [4.69, 9.17) is 4.74 Å². The number of ether oxygens (including phenoxy) is 1. The number of H-pyrrole nitrogens is 1. The Morgan fingerprint density at radius 2 is 2.03 bits per heavy atom. The quantitative estimate of drug-likeness (QED) is 0.561. The van der Waals surface area contributed by atoms with E-state index in [0.717, 1.165) is 18.3 Å². The zero-order valence-electron chi connectivity index (χ0n) is 19.2. The fourth-order valence-electron chi connectivity index (χ4n) is 3.61. The van der Waals surface area contributed by atoms with Crippen molar-refractivity contribution in [2.45, 2.75) is 38.4 Å². The third-order valence-electron chi connectivity index (χ3n) is 5.63. The summed E-state index contributed by atoms with van der Waals surface area (Å²) in [4.78, 5) is 28.5. The number of alkyl halides is 3. The molecule has 0 unspecified atom stereocenters. The predicted octanol–water partition coefficient (Wildman–Crippen LogP) is 4.94. The van der Waals surface area contributed by atoms with Crippen LogP contribution in [0.3, 0.4) is 0 Å². The van der Waals surface area contributed by atoms with E-state index >= 15 is 0 Å².